The van der Waals surface area contributed by atoms with Gasteiger partial charge in [-0.05, 0) is 48.9 Å². The molecule has 0 aliphatic carbocycles. The largest absolute Gasteiger partial charge is 0.325 e. The first-order valence-electron chi connectivity index (χ1n) is 11.0. The van der Waals surface area contributed by atoms with Gasteiger partial charge in [0.2, 0.25) is 5.91 Å². The van der Waals surface area contributed by atoms with Crippen LogP contribution in [-0.4, -0.2) is 34.8 Å². The third-order valence-electron chi connectivity index (χ3n) is 5.93. The molecule has 0 unspecified atom stereocenters. The number of nitrogens with zero attached hydrogens (tertiary/aromatic N) is 1. The fourth-order valence-electron chi connectivity index (χ4n) is 4.04. The minimum Gasteiger partial charge on any atom is -0.324 e. The van der Waals surface area contributed by atoms with E-state index in [1.165, 1.54) is 0 Å². The second-order valence-corrected chi connectivity index (χ2v) is 8.51. The Hall–Kier alpha value is -3.93. The van der Waals surface area contributed by atoms with E-state index in [2.05, 4.69) is 10.6 Å². The highest BCUT2D eigenvalue weighted by Gasteiger charge is 2.47. The SMILES string of the molecule is C[C@]1(CCc2ccccc2)NC(=O)N(CC(=O)Nc2ccccc2Cc2ccccc2)C1=O. The predicted octanol–water partition coefficient (Wildman–Crippen LogP) is 4.16. The van der Waals surface area contributed by atoms with Crippen molar-refractivity contribution in [3.63, 3.8) is 0 Å². The van der Waals surface area contributed by atoms with E-state index in [0.717, 1.165) is 21.6 Å². The summed E-state index contributed by atoms with van der Waals surface area (Å²) in [5.74, 6) is -0.789. The van der Waals surface area contributed by atoms with Gasteiger partial charge in [0.05, 0.1) is 0 Å². The molecule has 0 saturated carbocycles. The Kier molecular flexibility index (Phi) is 6.54. The number of hydrogen-bond donors (Lipinski definition) is 2. The van der Waals surface area contributed by atoms with Crippen LogP contribution in [0.2, 0.25) is 0 Å². The average Bonchev–Trinajstić information content (AvgIpc) is 3.03. The lowest BCUT2D eigenvalue weighted by molar-refractivity contribution is -0.133. The summed E-state index contributed by atoms with van der Waals surface area (Å²) in [5, 5.41) is 5.64. The van der Waals surface area contributed by atoms with Gasteiger partial charge in [-0.15, -0.1) is 0 Å². The molecule has 4 rings (SSSR count). The Bertz CT molecular complexity index is 1150. The van der Waals surface area contributed by atoms with Crippen molar-refractivity contribution in [2.24, 2.45) is 0 Å². The van der Waals surface area contributed by atoms with Gasteiger partial charge in [-0.3, -0.25) is 14.5 Å². The molecule has 0 spiro atoms. The van der Waals surface area contributed by atoms with E-state index in [1.54, 1.807) is 6.92 Å². The molecule has 1 heterocycles. The van der Waals surface area contributed by atoms with Gasteiger partial charge in [-0.2, -0.15) is 0 Å². The molecule has 1 aliphatic heterocycles. The van der Waals surface area contributed by atoms with Crippen LogP contribution >= 0.6 is 0 Å². The summed E-state index contributed by atoms with van der Waals surface area (Å²) in [6, 6.07) is 26.8. The lowest BCUT2D eigenvalue weighted by atomic mass is 9.93. The number of amides is 4. The second-order valence-electron chi connectivity index (χ2n) is 8.51. The standard InChI is InChI=1S/C27H27N3O3/c1-27(17-16-20-10-4-2-5-11-20)25(32)30(26(33)29-27)19-24(31)28-23-15-9-8-14-22(23)18-21-12-6-3-7-13-21/h2-15H,16-19H2,1H3,(H,28,31)(H,29,33)/t27-/m1/s1. The van der Waals surface area contributed by atoms with Crippen LogP contribution in [-0.2, 0) is 22.4 Å². The molecular formula is C27H27N3O3. The van der Waals surface area contributed by atoms with E-state index >= 15 is 0 Å². The van der Waals surface area contributed by atoms with E-state index in [1.807, 2.05) is 84.9 Å². The summed E-state index contributed by atoms with van der Waals surface area (Å²) >= 11 is 0. The van der Waals surface area contributed by atoms with Crippen molar-refractivity contribution in [1.29, 1.82) is 0 Å². The Morgan fingerprint density at radius 3 is 2.18 bits per heavy atom. The fourth-order valence-corrected chi connectivity index (χ4v) is 4.04. The maximum Gasteiger partial charge on any atom is 0.325 e. The van der Waals surface area contributed by atoms with Crippen LogP contribution in [0.5, 0.6) is 0 Å². The van der Waals surface area contributed by atoms with Crippen molar-refractivity contribution < 1.29 is 14.4 Å². The molecule has 6 nitrogen and oxygen atoms in total. The molecule has 0 radical (unpaired) electrons. The van der Waals surface area contributed by atoms with Crippen LogP contribution in [0.1, 0.15) is 30.0 Å². The summed E-state index contributed by atoms with van der Waals surface area (Å²) in [4.78, 5) is 39.3. The monoisotopic (exact) mass is 441 g/mol. The molecule has 1 aliphatic rings. The van der Waals surface area contributed by atoms with Crippen LogP contribution < -0.4 is 10.6 Å². The Morgan fingerprint density at radius 1 is 0.879 bits per heavy atom. The fraction of sp³-hybridized carbons (Fsp3) is 0.222. The number of aryl methyl sites for hydroxylation is 1. The number of rotatable bonds is 8. The summed E-state index contributed by atoms with van der Waals surface area (Å²) < 4.78 is 0. The predicted molar refractivity (Wildman–Crippen MR) is 128 cm³/mol. The van der Waals surface area contributed by atoms with Gasteiger partial charge in [0, 0.05) is 5.69 Å². The number of carbonyl (C=O) groups is 3. The number of anilines is 1. The van der Waals surface area contributed by atoms with Crippen molar-refractivity contribution in [3.8, 4) is 0 Å². The minimum absolute atomic E-state index is 0.328. The van der Waals surface area contributed by atoms with Crippen molar-refractivity contribution in [1.82, 2.24) is 10.2 Å². The Balaban J connectivity index is 1.40. The average molecular weight is 442 g/mol. The molecule has 3 aromatic rings. The molecule has 3 aromatic carbocycles. The van der Waals surface area contributed by atoms with Gasteiger partial charge < -0.3 is 10.6 Å². The molecule has 1 fully saturated rings. The molecule has 0 aromatic heterocycles. The topological polar surface area (TPSA) is 78.5 Å². The van der Waals surface area contributed by atoms with E-state index in [9.17, 15) is 14.4 Å². The zero-order valence-electron chi connectivity index (χ0n) is 18.6. The van der Waals surface area contributed by atoms with Crippen LogP contribution in [0.4, 0.5) is 10.5 Å². The third kappa shape index (κ3) is 5.29. The van der Waals surface area contributed by atoms with Gasteiger partial charge >= 0.3 is 6.03 Å². The van der Waals surface area contributed by atoms with Gasteiger partial charge in [-0.25, -0.2) is 4.79 Å². The Morgan fingerprint density at radius 2 is 1.48 bits per heavy atom. The van der Waals surface area contributed by atoms with E-state index < -0.39 is 17.5 Å². The maximum atomic E-state index is 13.0. The van der Waals surface area contributed by atoms with Crippen LogP contribution in [0.15, 0.2) is 84.9 Å². The maximum absolute atomic E-state index is 13.0. The number of urea groups is 1. The summed E-state index contributed by atoms with van der Waals surface area (Å²) in [5.41, 5.74) is 2.82. The number of para-hydroxylation sites is 1. The molecule has 168 valence electrons. The number of carbonyl (C=O) groups excluding carboxylic acids is 3. The van der Waals surface area contributed by atoms with E-state index in [0.29, 0.717) is 24.9 Å². The second kappa shape index (κ2) is 9.69. The number of hydrogen-bond acceptors (Lipinski definition) is 3. The first kappa shape index (κ1) is 22.3. The van der Waals surface area contributed by atoms with Crippen LogP contribution in [0.3, 0.4) is 0 Å². The molecule has 1 atom stereocenters. The van der Waals surface area contributed by atoms with Gasteiger partial charge in [0.15, 0.2) is 0 Å². The normalized spacial score (nSPS) is 17.7. The minimum atomic E-state index is -1.03. The molecule has 6 heteroatoms. The summed E-state index contributed by atoms with van der Waals surface area (Å²) in [7, 11) is 0. The lowest BCUT2D eigenvalue weighted by Crippen LogP contribution is -2.45. The van der Waals surface area contributed by atoms with Crippen molar-refractivity contribution >= 4 is 23.5 Å². The van der Waals surface area contributed by atoms with Crippen molar-refractivity contribution in [2.45, 2.75) is 31.7 Å². The van der Waals surface area contributed by atoms with E-state index in [-0.39, 0.29) is 12.5 Å². The molecule has 2 N–H and O–H groups in total. The van der Waals surface area contributed by atoms with Gasteiger partial charge in [0.25, 0.3) is 5.91 Å². The van der Waals surface area contributed by atoms with Crippen molar-refractivity contribution in [3.05, 3.63) is 102 Å². The molecule has 0 bridgehead atoms. The number of imide groups is 1. The third-order valence-corrected chi connectivity index (χ3v) is 5.93. The number of nitrogens with one attached hydrogen (secondary N) is 2. The highest BCUT2D eigenvalue weighted by Crippen LogP contribution is 2.24. The first-order chi connectivity index (χ1) is 15.9. The van der Waals surface area contributed by atoms with Crippen LogP contribution in [0, 0.1) is 0 Å². The molecule has 33 heavy (non-hydrogen) atoms. The lowest BCUT2D eigenvalue weighted by Gasteiger charge is -2.21. The molecule has 4 amide bonds. The smallest absolute Gasteiger partial charge is 0.324 e. The van der Waals surface area contributed by atoms with Gasteiger partial charge in [-0.1, -0.05) is 78.9 Å². The van der Waals surface area contributed by atoms with Gasteiger partial charge in [0.1, 0.15) is 12.1 Å². The highest BCUT2D eigenvalue weighted by molar-refractivity contribution is 6.10. The summed E-state index contributed by atoms with van der Waals surface area (Å²) in [6.45, 7) is 1.38. The highest BCUT2D eigenvalue weighted by atomic mass is 16.2. The molecular weight excluding hydrogens is 414 g/mol. The zero-order valence-corrected chi connectivity index (χ0v) is 18.6. The van der Waals surface area contributed by atoms with Crippen LogP contribution in [0.25, 0.3) is 0 Å². The van der Waals surface area contributed by atoms with E-state index in [4.69, 9.17) is 0 Å². The number of benzene rings is 3. The zero-order chi connectivity index (χ0) is 23.3. The first-order valence-corrected chi connectivity index (χ1v) is 11.0. The molecule has 1 saturated heterocycles. The van der Waals surface area contributed by atoms with Crippen molar-refractivity contribution in [2.75, 3.05) is 11.9 Å². The quantitative estimate of drug-likeness (QED) is 0.515. The Labute approximate surface area is 193 Å². The summed E-state index contributed by atoms with van der Waals surface area (Å²) in [6.07, 6.45) is 1.77.